The highest BCUT2D eigenvalue weighted by molar-refractivity contribution is 6.08. The summed E-state index contributed by atoms with van der Waals surface area (Å²) in [5.41, 5.74) is 0. The molecule has 0 rings (SSSR count). The van der Waals surface area contributed by atoms with Gasteiger partial charge in [0.05, 0.1) is 0 Å². The fraction of sp³-hybridized carbons (Fsp3) is 1.00. The summed E-state index contributed by atoms with van der Waals surface area (Å²) in [6.45, 7) is 0. The molecule has 0 saturated carbocycles. The van der Waals surface area contributed by atoms with E-state index < -0.39 is 5.97 Å². The number of ether oxygens (including phenoxy) is 3. The molecule has 0 fully saturated rings. The Morgan fingerprint density at radius 1 is 0.750 bits per heavy atom. The van der Waals surface area contributed by atoms with E-state index in [-0.39, 0.29) is 0 Å². The van der Waals surface area contributed by atoms with Gasteiger partial charge in [-0.05, 0) is 6.42 Å². The molecule has 0 aromatic heterocycles. The molecule has 16 heavy (non-hydrogen) atoms. The maximum Gasteiger partial charge on any atom is 0.282 e. The summed E-state index contributed by atoms with van der Waals surface area (Å²) in [6, 6.07) is 1.44. The van der Waals surface area contributed by atoms with Crippen LogP contribution in [-0.2, 0) is 14.2 Å². The van der Waals surface area contributed by atoms with Gasteiger partial charge in [0.15, 0.2) is 0 Å². The first kappa shape index (κ1) is 16.1. The lowest BCUT2D eigenvalue weighted by Gasteiger charge is -2.28. The first-order valence-electron chi connectivity index (χ1n) is 6.40. The van der Waals surface area contributed by atoms with Crippen LogP contribution in [-0.4, -0.2) is 37.5 Å². The third kappa shape index (κ3) is 6.63. The molecule has 0 amide bonds. The first-order chi connectivity index (χ1) is 7.74. The molecule has 0 aromatic rings. The van der Waals surface area contributed by atoms with Gasteiger partial charge in [0, 0.05) is 38.0 Å². The van der Waals surface area contributed by atoms with E-state index in [1.165, 1.54) is 48.4 Å². The third-order valence-electron chi connectivity index (χ3n) is 3.02. The van der Waals surface area contributed by atoms with Crippen molar-refractivity contribution in [3.8, 4) is 0 Å². The van der Waals surface area contributed by atoms with Gasteiger partial charge in [-0.1, -0.05) is 38.1 Å². The van der Waals surface area contributed by atoms with Crippen LogP contribution in [0.1, 0.15) is 44.9 Å². The van der Waals surface area contributed by atoms with Gasteiger partial charge in [0.1, 0.15) is 0 Å². The fourth-order valence-electron chi connectivity index (χ4n) is 1.85. The quantitative estimate of drug-likeness (QED) is 0.318. The minimum atomic E-state index is -0.824. The van der Waals surface area contributed by atoms with Crippen molar-refractivity contribution in [2.24, 2.45) is 0 Å². The van der Waals surface area contributed by atoms with Crippen LogP contribution in [0.5, 0.6) is 0 Å². The minimum Gasteiger partial charge on any atom is -0.331 e. The molecule has 0 aliphatic rings. The fourth-order valence-corrected chi connectivity index (χ4v) is 2.35. The van der Waals surface area contributed by atoms with Crippen LogP contribution in [0.15, 0.2) is 0 Å². The highest BCUT2D eigenvalue weighted by atomic mass is 28.1. The number of rotatable bonds is 11. The van der Waals surface area contributed by atoms with Crippen molar-refractivity contribution in [3.05, 3.63) is 0 Å². The Balaban J connectivity index is 3.48. The van der Waals surface area contributed by atoms with Crippen LogP contribution in [0.3, 0.4) is 0 Å². The monoisotopic (exact) mass is 248 g/mol. The van der Waals surface area contributed by atoms with E-state index in [4.69, 9.17) is 14.2 Å². The van der Waals surface area contributed by atoms with Crippen molar-refractivity contribution in [2.45, 2.75) is 57.0 Å². The highest BCUT2D eigenvalue weighted by Gasteiger charge is 2.28. The molecular formula is C12H28O3Si. The Hall–Kier alpha value is 0.0969. The second-order valence-corrected chi connectivity index (χ2v) is 5.17. The number of hydrogen-bond donors (Lipinski definition) is 0. The SMILES string of the molecule is COC(CCCCCCCC[SiH3])(OC)OC. The Kier molecular flexibility index (Phi) is 10.3. The zero-order valence-corrected chi connectivity index (χ0v) is 13.4. The molecule has 0 saturated heterocycles. The molecule has 0 spiro atoms. The van der Waals surface area contributed by atoms with E-state index in [1.807, 2.05) is 0 Å². The van der Waals surface area contributed by atoms with Gasteiger partial charge < -0.3 is 14.2 Å². The maximum absolute atomic E-state index is 5.24. The largest absolute Gasteiger partial charge is 0.331 e. The third-order valence-corrected chi connectivity index (χ3v) is 3.73. The topological polar surface area (TPSA) is 27.7 Å². The maximum atomic E-state index is 5.24. The van der Waals surface area contributed by atoms with Gasteiger partial charge in [-0.15, -0.1) is 0 Å². The van der Waals surface area contributed by atoms with Crippen molar-refractivity contribution in [1.82, 2.24) is 0 Å². The normalized spacial score (nSPS) is 12.2. The minimum absolute atomic E-state index is 0.803. The van der Waals surface area contributed by atoms with Crippen molar-refractivity contribution < 1.29 is 14.2 Å². The lowest BCUT2D eigenvalue weighted by molar-refractivity contribution is -0.355. The second-order valence-electron chi connectivity index (χ2n) is 4.17. The summed E-state index contributed by atoms with van der Waals surface area (Å²) in [6.07, 6.45) is 8.63. The van der Waals surface area contributed by atoms with Crippen LogP contribution in [0.25, 0.3) is 0 Å². The zero-order valence-electron chi connectivity index (χ0n) is 11.4. The number of methoxy groups -OCH3 is 3. The molecule has 0 atom stereocenters. The lowest BCUT2D eigenvalue weighted by Crippen LogP contribution is -2.35. The van der Waals surface area contributed by atoms with Gasteiger partial charge in [-0.3, -0.25) is 0 Å². The second kappa shape index (κ2) is 10.3. The number of unbranched alkanes of at least 4 members (excludes halogenated alkanes) is 5. The van der Waals surface area contributed by atoms with E-state index in [1.54, 1.807) is 21.3 Å². The zero-order chi connectivity index (χ0) is 12.3. The highest BCUT2D eigenvalue weighted by Crippen LogP contribution is 2.21. The molecule has 0 bridgehead atoms. The predicted octanol–water partition coefficient (Wildman–Crippen LogP) is 2.09. The van der Waals surface area contributed by atoms with E-state index in [2.05, 4.69) is 0 Å². The molecule has 0 aromatic carbocycles. The van der Waals surface area contributed by atoms with Crippen LogP contribution in [0.2, 0.25) is 6.04 Å². The van der Waals surface area contributed by atoms with Crippen molar-refractivity contribution in [2.75, 3.05) is 21.3 Å². The molecule has 0 aliphatic carbocycles. The smallest absolute Gasteiger partial charge is 0.282 e. The molecule has 3 nitrogen and oxygen atoms in total. The summed E-state index contributed by atoms with van der Waals surface area (Å²) in [7, 11) is 6.22. The van der Waals surface area contributed by atoms with Gasteiger partial charge in [-0.25, -0.2) is 0 Å². The molecule has 0 radical (unpaired) electrons. The Morgan fingerprint density at radius 3 is 1.62 bits per heavy atom. The molecular weight excluding hydrogens is 220 g/mol. The molecule has 0 N–H and O–H groups in total. The van der Waals surface area contributed by atoms with Crippen LogP contribution in [0.4, 0.5) is 0 Å². The lowest BCUT2D eigenvalue weighted by atomic mass is 10.1. The predicted molar refractivity (Wildman–Crippen MR) is 70.8 cm³/mol. The Bertz CT molecular complexity index is 141. The molecule has 0 heterocycles. The molecule has 98 valence electrons. The molecule has 0 unspecified atom stereocenters. The van der Waals surface area contributed by atoms with Crippen LogP contribution >= 0.6 is 0 Å². The van der Waals surface area contributed by atoms with Gasteiger partial charge >= 0.3 is 0 Å². The molecule has 4 heteroatoms. The summed E-state index contributed by atoms with van der Waals surface area (Å²) in [5.74, 6) is -0.824. The van der Waals surface area contributed by atoms with E-state index >= 15 is 0 Å². The average Bonchev–Trinajstić information content (AvgIpc) is 2.34. The summed E-state index contributed by atoms with van der Waals surface area (Å²) in [5, 5.41) is 0. The Labute approximate surface area is 103 Å². The van der Waals surface area contributed by atoms with Crippen molar-refractivity contribution >= 4 is 10.2 Å². The van der Waals surface area contributed by atoms with Crippen molar-refractivity contribution in [1.29, 1.82) is 0 Å². The van der Waals surface area contributed by atoms with E-state index in [0.717, 1.165) is 12.8 Å². The first-order valence-corrected chi connectivity index (χ1v) is 7.81. The summed E-state index contributed by atoms with van der Waals surface area (Å²) in [4.78, 5) is 0. The summed E-state index contributed by atoms with van der Waals surface area (Å²) >= 11 is 0. The average molecular weight is 248 g/mol. The van der Waals surface area contributed by atoms with Crippen LogP contribution < -0.4 is 0 Å². The van der Waals surface area contributed by atoms with E-state index in [0.29, 0.717) is 0 Å². The van der Waals surface area contributed by atoms with Crippen LogP contribution in [0, 0.1) is 0 Å². The van der Waals surface area contributed by atoms with Gasteiger partial charge in [-0.2, -0.15) is 0 Å². The van der Waals surface area contributed by atoms with Gasteiger partial charge in [0.2, 0.25) is 0 Å². The van der Waals surface area contributed by atoms with E-state index in [9.17, 15) is 0 Å². The Morgan fingerprint density at radius 2 is 1.19 bits per heavy atom. The standard InChI is InChI=1S/C12H28O3Si/c1-13-12(14-2,15-3)10-8-6-4-5-7-9-11-16/h4-11H2,1-3,16H3. The summed E-state index contributed by atoms with van der Waals surface area (Å²) < 4.78 is 15.7. The van der Waals surface area contributed by atoms with Gasteiger partial charge in [0.25, 0.3) is 5.97 Å². The number of hydrogen-bond acceptors (Lipinski definition) is 3. The molecule has 0 aliphatic heterocycles. The van der Waals surface area contributed by atoms with Crippen molar-refractivity contribution in [3.63, 3.8) is 0 Å².